The molecule has 3 rings (SSSR count). The Morgan fingerprint density at radius 3 is 2.28 bits per heavy atom. The van der Waals surface area contributed by atoms with Crippen molar-refractivity contribution in [1.29, 1.82) is 5.26 Å². The van der Waals surface area contributed by atoms with Crippen LogP contribution in [0.4, 0.5) is 0 Å². The van der Waals surface area contributed by atoms with E-state index in [-0.39, 0.29) is 0 Å². The van der Waals surface area contributed by atoms with Crippen LogP contribution < -0.4 is 0 Å². The maximum absolute atomic E-state index is 9.63. The molecule has 0 atom stereocenters. The van der Waals surface area contributed by atoms with Crippen molar-refractivity contribution in [2.24, 2.45) is 0 Å². The number of hydrogen-bond donors (Lipinski definition) is 0. The molecule has 0 bridgehead atoms. The molecular formula is C15H11BrN2. The number of fused-ring (bicyclic) bond motifs is 1. The van der Waals surface area contributed by atoms with Crippen LogP contribution in [-0.2, 0) is 18.3 Å². The summed E-state index contributed by atoms with van der Waals surface area (Å²) < 4.78 is 0.783. The van der Waals surface area contributed by atoms with Crippen LogP contribution in [0.5, 0.6) is 0 Å². The van der Waals surface area contributed by atoms with Crippen LogP contribution in [0.2, 0.25) is 0 Å². The summed E-state index contributed by atoms with van der Waals surface area (Å²) in [5.74, 6) is 0. The summed E-state index contributed by atoms with van der Waals surface area (Å²) in [6.07, 6.45) is 1.51. The first-order valence-electron chi connectivity index (χ1n) is 5.85. The van der Waals surface area contributed by atoms with Crippen molar-refractivity contribution >= 4 is 15.9 Å². The van der Waals surface area contributed by atoms with Crippen molar-refractivity contribution < 1.29 is 0 Å². The predicted molar refractivity (Wildman–Crippen MR) is 73.1 cm³/mol. The Hall–Kier alpha value is -1.66. The summed E-state index contributed by atoms with van der Waals surface area (Å²) in [5, 5.41) is 9.63. The Labute approximate surface area is 114 Å². The summed E-state index contributed by atoms with van der Waals surface area (Å²) in [5.41, 5.74) is 2.88. The predicted octanol–water partition coefficient (Wildman–Crippen LogP) is 3.40. The van der Waals surface area contributed by atoms with Gasteiger partial charge in [-0.3, -0.25) is 0 Å². The molecule has 1 aliphatic carbocycles. The molecule has 2 nitrogen and oxygen atoms in total. The molecule has 0 saturated heterocycles. The van der Waals surface area contributed by atoms with Gasteiger partial charge < -0.3 is 0 Å². The second-order valence-corrected chi connectivity index (χ2v) is 5.47. The number of nitrogens with zero attached hydrogens (tertiary/aromatic N) is 2. The number of halogens is 1. The molecule has 3 heteroatoms. The van der Waals surface area contributed by atoms with Crippen LogP contribution in [0.3, 0.4) is 0 Å². The average molecular weight is 299 g/mol. The van der Waals surface area contributed by atoms with Gasteiger partial charge in [-0.1, -0.05) is 30.3 Å². The quantitative estimate of drug-likeness (QED) is 0.757. The van der Waals surface area contributed by atoms with Crippen LogP contribution >= 0.6 is 15.9 Å². The SMILES string of the molecule is N#CC1(c2cccc(Br)n2)Cc2ccccc2C1. The van der Waals surface area contributed by atoms with Gasteiger partial charge in [-0.05, 0) is 52.0 Å². The van der Waals surface area contributed by atoms with Gasteiger partial charge in [0.25, 0.3) is 0 Å². The normalized spacial score (nSPS) is 16.0. The third-order valence-corrected chi connectivity index (χ3v) is 3.96. The van der Waals surface area contributed by atoms with Gasteiger partial charge in [-0.25, -0.2) is 4.98 Å². The average Bonchev–Trinajstić information content (AvgIpc) is 2.78. The van der Waals surface area contributed by atoms with Gasteiger partial charge in [0.2, 0.25) is 0 Å². The van der Waals surface area contributed by atoms with E-state index in [4.69, 9.17) is 0 Å². The van der Waals surface area contributed by atoms with E-state index < -0.39 is 5.41 Å². The lowest BCUT2D eigenvalue weighted by Crippen LogP contribution is -2.26. The lowest BCUT2D eigenvalue weighted by molar-refractivity contribution is 0.566. The maximum atomic E-state index is 9.63. The minimum atomic E-state index is -0.506. The van der Waals surface area contributed by atoms with Crippen LogP contribution in [0.25, 0.3) is 0 Å². The highest BCUT2D eigenvalue weighted by Gasteiger charge is 2.40. The molecule has 0 radical (unpaired) electrons. The zero-order valence-electron chi connectivity index (χ0n) is 9.73. The fraction of sp³-hybridized carbons (Fsp3) is 0.200. The van der Waals surface area contributed by atoms with Gasteiger partial charge in [0.15, 0.2) is 0 Å². The van der Waals surface area contributed by atoms with Crippen LogP contribution in [0.15, 0.2) is 47.1 Å². The molecule has 1 aromatic heterocycles. The topological polar surface area (TPSA) is 36.7 Å². The van der Waals surface area contributed by atoms with E-state index in [1.54, 1.807) is 0 Å². The summed E-state index contributed by atoms with van der Waals surface area (Å²) in [6, 6.07) is 16.5. The van der Waals surface area contributed by atoms with Gasteiger partial charge >= 0.3 is 0 Å². The van der Waals surface area contributed by atoms with Gasteiger partial charge in [0, 0.05) is 0 Å². The van der Waals surface area contributed by atoms with E-state index in [0.29, 0.717) is 0 Å². The Balaban J connectivity index is 2.08. The van der Waals surface area contributed by atoms with Crippen molar-refractivity contribution in [3.8, 4) is 6.07 Å². The minimum Gasteiger partial charge on any atom is -0.244 e. The fourth-order valence-electron chi connectivity index (χ4n) is 2.61. The van der Waals surface area contributed by atoms with E-state index in [2.05, 4.69) is 39.1 Å². The van der Waals surface area contributed by atoms with Gasteiger partial charge in [0.05, 0.1) is 11.8 Å². The van der Waals surface area contributed by atoms with Crippen LogP contribution in [-0.4, -0.2) is 4.98 Å². The highest BCUT2D eigenvalue weighted by atomic mass is 79.9. The molecule has 2 aromatic rings. The Bertz CT molecular complexity index is 618. The summed E-state index contributed by atoms with van der Waals surface area (Å²) in [4.78, 5) is 4.48. The van der Waals surface area contributed by atoms with Crippen molar-refractivity contribution in [3.05, 3.63) is 63.9 Å². The van der Waals surface area contributed by atoms with E-state index >= 15 is 0 Å². The molecule has 1 aliphatic rings. The first-order valence-corrected chi connectivity index (χ1v) is 6.64. The van der Waals surface area contributed by atoms with Gasteiger partial charge in [-0.2, -0.15) is 5.26 Å². The molecule has 1 aromatic carbocycles. The molecule has 0 amide bonds. The molecule has 0 saturated carbocycles. The molecular weight excluding hydrogens is 288 g/mol. The third kappa shape index (κ3) is 1.74. The number of benzene rings is 1. The van der Waals surface area contributed by atoms with Crippen molar-refractivity contribution in [2.45, 2.75) is 18.3 Å². The Kier molecular flexibility index (Phi) is 2.68. The highest BCUT2D eigenvalue weighted by molar-refractivity contribution is 9.10. The Morgan fingerprint density at radius 1 is 1.06 bits per heavy atom. The highest BCUT2D eigenvalue weighted by Crippen LogP contribution is 2.38. The molecule has 0 N–H and O–H groups in total. The number of rotatable bonds is 1. The minimum absolute atomic E-state index is 0.506. The first-order chi connectivity index (χ1) is 8.73. The number of aromatic nitrogens is 1. The molecule has 0 unspecified atom stereocenters. The monoisotopic (exact) mass is 298 g/mol. The zero-order chi connectivity index (χ0) is 12.6. The largest absolute Gasteiger partial charge is 0.244 e. The second kappa shape index (κ2) is 4.22. The molecule has 1 heterocycles. The fourth-order valence-corrected chi connectivity index (χ4v) is 2.95. The van der Waals surface area contributed by atoms with Crippen molar-refractivity contribution in [3.63, 3.8) is 0 Å². The number of pyridine rings is 1. The van der Waals surface area contributed by atoms with Crippen LogP contribution in [0, 0.1) is 11.3 Å². The lowest BCUT2D eigenvalue weighted by atomic mass is 9.82. The summed E-state index contributed by atoms with van der Waals surface area (Å²) >= 11 is 3.38. The van der Waals surface area contributed by atoms with Gasteiger partial charge in [-0.15, -0.1) is 0 Å². The molecule has 0 spiro atoms. The van der Waals surface area contributed by atoms with Crippen molar-refractivity contribution in [2.75, 3.05) is 0 Å². The number of nitriles is 1. The van der Waals surface area contributed by atoms with E-state index in [0.717, 1.165) is 23.1 Å². The standard InChI is InChI=1S/C15H11BrN2/c16-14-7-3-6-13(18-14)15(10-17)8-11-4-1-2-5-12(11)9-15/h1-7H,8-9H2. The van der Waals surface area contributed by atoms with Crippen molar-refractivity contribution in [1.82, 2.24) is 4.98 Å². The molecule has 0 aliphatic heterocycles. The zero-order valence-corrected chi connectivity index (χ0v) is 11.3. The second-order valence-electron chi connectivity index (χ2n) is 4.66. The summed E-state index contributed by atoms with van der Waals surface area (Å²) in [6.45, 7) is 0. The van der Waals surface area contributed by atoms with E-state index in [1.165, 1.54) is 11.1 Å². The van der Waals surface area contributed by atoms with E-state index in [1.807, 2.05) is 30.3 Å². The maximum Gasteiger partial charge on any atom is 0.107 e. The first kappa shape index (κ1) is 11.4. The molecule has 0 fully saturated rings. The van der Waals surface area contributed by atoms with Gasteiger partial charge in [0.1, 0.15) is 10.0 Å². The molecule has 18 heavy (non-hydrogen) atoms. The number of hydrogen-bond acceptors (Lipinski definition) is 2. The third-order valence-electron chi connectivity index (χ3n) is 3.52. The summed E-state index contributed by atoms with van der Waals surface area (Å²) in [7, 11) is 0. The molecule has 88 valence electrons. The Morgan fingerprint density at radius 2 is 1.72 bits per heavy atom. The van der Waals surface area contributed by atoms with Crippen LogP contribution in [0.1, 0.15) is 16.8 Å². The lowest BCUT2D eigenvalue weighted by Gasteiger charge is -2.19. The smallest absolute Gasteiger partial charge is 0.107 e. The van der Waals surface area contributed by atoms with E-state index in [9.17, 15) is 5.26 Å².